The average molecular weight is 391 g/mol. The van der Waals surface area contributed by atoms with E-state index < -0.39 is 0 Å². The summed E-state index contributed by atoms with van der Waals surface area (Å²) in [5.74, 6) is 2.35. The second-order valence-electron chi connectivity index (χ2n) is 7.33. The van der Waals surface area contributed by atoms with Gasteiger partial charge in [0.15, 0.2) is 17.5 Å². The van der Waals surface area contributed by atoms with E-state index in [0.717, 1.165) is 50.1 Å². The molecule has 1 aromatic carbocycles. The second-order valence-corrected chi connectivity index (χ2v) is 7.33. The summed E-state index contributed by atoms with van der Waals surface area (Å²) in [6.45, 7) is 7.45. The molecule has 0 bridgehead atoms. The van der Waals surface area contributed by atoms with Crippen molar-refractivity contribution >= 4 is 5.96 Å². The topological polar surface area (TPSA) is 67.4 Å². The highest BCUT2D eigenvalue weighted by molar-refractivity contribution is 5.79. The summed E-state index contributed by atoms with van der Waals surface area (Å²) in [6, 6.07) is 6.66. The van der Waals surface area contributed by atoms with Gasteiger partial charge in [0.25, 0.3) is 0 Å². The van der Waals surface area contributed by atoms with Crippen LogP contribution < -0.4 is 20.1 Å². The molecule has 2 heterocycles. The number of nitrogens with zero attached hydrogens (tertiary/aromatic N) is 2. The van der Waals surface area contributed by atoms with Gasteiger partial charge in [-0.15, -0.1) is 0 Å². The highest BCUT2D eigenvalue weighted by atomic mass is 16.5. The lowest BCUT2D eigenvalue weighted by molar-refractivity contribution is -0.0432. The fourth-order valence-electron chi connectivity index (χ4n) is 3.89. The lowest BCUT2D eigenvalue weighted by Crippen LogP contribution is -2.47. The van der Waals surface area contributed by atoms with Crippen LogP contribution >= 0.6 is 0 Å². The predicted octanol–water partition coefficient (Wildman–Crippen LogP) is 1.66. The van der Waals surface area contributed by atoms with Crippen molar-refractivity contribution < 1.29 is 14.2 Å². The minimum absolute atomic E-state index is 0.190. The number of rotatable bonds is 8. The fourth-order valence-corrected chi connectivity index (χ4v) is 3.89. The second kappa shape index (κ2) is 10.5. The van der Waals surface area contributed by atoms with E-state index in [1.165, 1.54) is 24.9 Å². The van der Waals surface area contributed by atoms with Gasteiger partial charge in [0.2, 0.25) is 0 Å². The van der Waals surface area contributed by atoms with Crippen molar-refractivity contribution in [2.45, 2.75) is 38.3 Å². The molecule has 2 fully saturated rings. The molecule has 2 atom stereocenters. The van der Waals surface area contributed by atoms with Crippen LogP contribution in [0.4, 0.5) is 0 Å². The molecule has 7 nitrogen and oxygen atoms in total. The Balaban J connectivity index is 1.48. The van der Waals surface area contributed by atoms with Gasteiger partial charge in [-0.2, -0.15) is 0 Å². The first-order valence-electron chi connectivity index (χ1n) is 10.3. The van der Waals surface area contributed by atoms with Crippen molar-refractivity contribution in [3.05, 3.63) is 23.8 Å². The van der Waals surface area contributed by atoms with Crippen LogP contribution in [0.2, 0.25) is 0 Å². The molecule has 2 unspecified atom stereocenters. The summed E-state index contributed by atoms with van der Waals surface area (Å²) in [7, 11) is 3.31. The van der Waals surface area contributed by atoms with Crippen molar-refractivity contribution in [1.29, 1.82) is 0 Å². The minimum atomic E-state index is 0.190. The van der Waals surface area contributed by atoms with E-state index in [-0.39, 0.29) is 6.10 Å². The first-order chi connectivity index (χ1) is 13.7. The number of ether oxygens (including phenoxy) is 3. The molecule has 156 valence electrons. The van der Waals surface area contributed by atoms with Gasteiger partial charge in [0.05, 0.1) is 33.5 Å². The number of hydrogen-bond donors (Lipinski definition) is 2. The molecule has 28 heavy (non-hydrogen) atoms. The van der Waals surface area contributed by atoms with E-state index >= 15 is 0 Å². The molecule has 0 saturated carbocycles. The lowest BCUT2D eigenvalue weighted by Gasteiger charge is -2.34. The molecule has 2 N–H and O–H groups in total. The van der Waals surface area contributed by atoms with Crippen molar-refractivity contribution in [3.8, 4) is 11.5 Å². The first-order valence-corrected chi connectivity index (χ1v) is 10.3. The van der Waals surface area contributed by atoms with Crippen molar-refractivity contribution in [3.63, 3.8) is 0 Å². The molecule has 3 rings (SSSR count). The van der Waals surface area contributed by atoms with Crippen LogP contribution in [0.5, 0.6) is 11.5 Å². The van der Waals surface area contributed by atoms with Crippen molar-refractivity contribution in [2.75, 3.05) is 53.6 Å². The summed E-state index contributed by atoms with van der Waals surface area (Å²) in [4.78, 5) is 7.30. The Bertz CT molecular complexity index is 653. The molecule has 0 aliphatic carbocycles. The van der Waals surface area contributed by atoms with Crippen LogP contribution in [0.15, 0.2) is 23.2 Å². The van der Waals surface area contributed by atoms with Crippen LogP contribution in [0.25, 0.3) is 0 Å². The molecule has 7 heteroatoms. The third-order valence-electron chi connectivity index (χ3n) is 5.41. The van der Waals surface area contributed by atoms with Gasteiger partial charge in [0.1, 0.15) is 0 Å². The maximum atomic E-state index is 6.01. The fraction of sp³-hybridized carbons (Fsp3) is 0.667. The molecule has 0 aromatic heterocycles. The number of guanidine groups is 1. The predicted molar refractivity (Wildman–Crippen MR) is 112 cm³/mol. The van der Waals surface area contributed by atoms with Crippen LogP contribution in [-0.4, -0.2) is 76.6 Å². The van der Waals surface area contributed by atoms with Crippen LogP contribution in [0, 0.1) is 0 Å². The Kier molecular flexibility index (Phi) is 7.80. The summed E-state index contributed by atoms with van der Waals surface area (Å²) in [6.07, 6.45) is 3.64. The lowest BCUT2D eigenvalue weighted by atomic mass is 10.1. The molecule has 0 spiro atoms. The number of morpholine rings is 1. The minimum Gasteiger partial charge on any atom is -0.493 e. The average Bonchev–Trinajstić information content (AvgIpc) is 3.19. The Morgan fingerprint density at radius 2 is 2.11 bits per heavy atom. The van der Waals surface area contributed by atoms with E-state index in [4.69, 9.17) is 19.2 Å². The van der Waals surface area contributed by atoms with Crippen molar-refractivity contribution in [1.82, 2.24) is 15.5 Å². The van der Waals surface area contributed by atoms with Gasteiger partial charge in [-0.05, 0) is 50.4 Å². The highest BCUT2D eigenvalue weighted by Gasteiger charge is 2.31. The van der Waals surface area contributed by atoms with E-state index in [0.29, 0.717) is 12.6 Å². The van der Waals surface area contributed by atoms with E-state index in [2.05, 4.69) is 28.5 Å². The Labute approximate surface area is 168 Å². The standard InChI is InChI=1S/C21H34N4O3/c1-4-22-21(24-13-18-14-25-11-5-6-17(25)15-28-18)23-10-9-16-7-8-19(26-2)20(12-16)27-3/h7-8,12,17-18H,4-6,9-11,13-15H2,1-3H3,(H2,22,23,24). The third kappa shape index (κ3) is 5.52. The van der Waals surface area contributed by atoms with Crippen molar-refractivity contribution in [2.24, 2.45) is 4.99 Å². The normalized spacial score (nSPS) is 22.6. The number of benzene rings is 1. The molecule has 0 radical (unpaired) electrons. The molecule has 1 aromatic rings. The Morgan fingerprint density at radius 3 is 2.89 bits per heavy atom. The SMILES string of the molecule is CCNC(=NCC1CN2CCCC2CO1)NCCc1ccc(OC)c(OC)c1. The van der Waals surface area contributed by atoms with Crippen LogP contribution in [0.3, 0.4) is 0 Å². The van der Waals surface area contributed by atoms with Gasteiger partial charge in [-0.1, -0.05) is 6.07 Å². The zero-order chi connectivity index (χ0) is 19.8. The molecule has 2 aliphatic rings. The number of fused-ring (bicyclic) bond motifs is 1. The molecule has 2 aliphatic heterocycles. The molecule has 0 amide bonds. The molecular formula is C21H34N4O3. The zero-order valence-corrected chi connectivity index (χ0v) is 17.4. The molecular weight excluding hydrogens is 356 g/mol. The van der Waals surface area contributed by atoms with Gasteiger partial charge in [0, 0.05) is 25.7 Å². The van der Waals surface area contributed by atoms with Gasteiger partial charge >= 0.3 is 0 Å². The maximum absolute atomic E-state index is 6.01. The van der Waals surface area contributed by atoms with Gasteiger partial charge in [-0.25, -0.2) is 0 Å². The number of methoxy groups -OCH3 is 2. The first kappa shape index (κ1) is 20.7. The largest absolute Gasteiger partial charge is 0.493 e. The quantitative estimate of drug-likeness (QED) is 0.520. The zero-order valence-electron chi connectivity index (χ0n) is 17.4. The monoisotopic (exact) mass is 390 g/mol. The van der Waals surface area contributed by atoms with Crippen LogP contribution in [-0.2, 0) is 11.2 Å². The summed E-state index contributed by atoms with van der Waals surface area (Å²) in [5, 5.41) is 6.74. The summed E-state index contributed by atoms with van der Waals surface area (Å²) < 4.78 is 16.7. The Hall–Kier alpha value is -1.99. The third-order valence-corrected chi connectivity index (χ3v) is 5.41. The number of nitrogens with one attached hydrogen (secondary N) is 2. The Morgan fingerprint density at radius 1 is 1.25 bits per heavy atom. The summed E-state index contributed by atoms with van der Waals surface area (Å²) in [5.41, 5.74) is 1.19. The molecule has 2 saturated heterocycles. The number of aliphatic imine (C=N–C) groups is 1. The smallest absolute Gasteiger partial charge is 0.191 e. The summed E-state index contributed by atoms with van der Waals surface area (Å²) >= 11 is 0. The maximum Gasteiger partial charge on any atom is 0.191 e. The number of hydrogen-bond acceptors (Lipinski definition) is 5. The van der Waals surface area contributed by atoms with E-state index in [1.807, 2.05) is 12.1 Å². The van der Waals surface area contributed by atoms with E-state index in [9.17, 15) is 0 Å². The van der Waals surface area contributed by atoms with E-state index in [1.54, 1.807) is 14.2 Å². The van der Waals surface area contributed by atoms with Crippen LogP contribution in [0.1, 0.15) is 25.3 Å². The van der Waals surface area contributed by atoms with Gasteiger partial charge in [-0.3, -0.25) is 9.89 Å². The highest BCUT2D eigenvalue weighted by Crippen LogP contribution is 2.27. The van der Waals surface area contributed by atoms with Gasteiger partial charge < -0.3 is 24.8 Å².